The van der Waals surface area contributed by atoms with Crippen molar-refractivity contribution in [3.63, 3.8) is 0 Å². The lowest BCUT2D eigenvalue weighted by Gasteiger charge is -2.51. The van der Waals surface area contributed by atoms with E-state index in [1.54, 1.807) is 0 Å². The third kappa shape index (κ3) is 4.02. The Balaban J connectivity index is 1.31. The Morgan fingerprint density at radius 1 is 0.909 bits per heavy atom. The van der Waals surface area contributed by atoms with Gasteiger partial charge in [0, 0.05) is 53.4 Å². The minimum Gasteiger partial charge on any atom is -0.466 e. The van der Waals surface area contributed by atoms with Crippen molar-refractivity contribution in [2.45, 2.75) is 37.6 Å². The van der Waals surface area contributed by atoms with Crippen molar-refractivity contribution in [2.75, 3.05) is 13.1 Å². The van der Waals surface area contributed by atoms with Crippen molar-refractivity contribution in [1.82, 2.24) is 9.91 Å². The lowest BCUT2D eigenvalue weighted by molar-refractivity contribution is -0.150. The van der Waals surface area contributed by atoms with Crippen LogP contribution < -0.4 is 4.74 Å². The standard InChI is InChI=1S/C27H25Br2N3O/c28-21-8-6-20(7-9-21)24-17-25-23-16-22(29)10-11-26(23)33-27(32(25)30-24)12-14-31(15-13-27)18-19-4-2-1-3-5-19/h1-11,16,25H,12-15,17-18H2/t25-/m0/s1. The molecule has 6 heteroatoms. The van der Waals surface area contributed by atoms with Crippen molar-refractivity contribution in [2.24, 2.45) is 5.10 Å². The van der Waals surface area contributed by atoms with Crippen LogP contribution in [0.4, 0.5) is 0 Å². The summed E-state index contributed by atoms with van der Waals surface area (Å²) in [6.07, 6.45) is 2.76. The van der Waals surface area contributed by atoms with Gasteiger partial charge in [-0.3, -0.25) is 4.90 Å². The number of benzene rings is 3. The van der Waals surface area contributed by atoms with Gasteiger partial charge in [-0.1, -0.05) is 74.3 Å². The first-order chi connectivity index (χ1) is 16.1. The Morgan fingerprint density at radius 3 is 2.39 bits per heavy atom. The fourth-order valence-corrected chi connectivity index (χ4v) is 5.95. The SMILES string of the molecule is Brc1ccc(C2=NN3[C@@H](C2)c2cc(Br)ccc2OC32CCN(Cc3ccccc3)CC2)cc1. The second kappa shape index (κ2) is 8.57. The maximum atomic E-state index is 6.80. The summed E-state index contributed by atoms with van der Waals surface area (Å²) < 4.78 is 8.96. The predicted octanol–water partition coefficient (Wildman–Crippen LogP) is 6.75. The van der Waals surface area contributed by atoms with Gasteiger partial charge in [0.15, 0.2) is 0 Å². The first-order valence-corrected chi connectivity index (χ1v) is 13.1. The van der Waals surface area contributed by atoms with Crippen LogP contribution in [0.1, 0.15) is 42.0 Å². The molecule has 3 aromatic rings. The molecule has 3 heterocycles. The van der Waals surface area contributed by atoms with Gasteiger partial charge in [-0.25, -0.2) is 5.01 Å². The number of fused-ring (bicyclic) bond motifs is 4. The fraction of sp³-hybridized carbons (Fsp3) is 0.296. The topological polar surface area (TPSA) is 28.1 Å². The van der Waals surface area contributed by atoms with E-state index in [9.17, 15) is 0 Å². The Hall–Kier alpha value is -2.15. The molecule has 1 fully saturated rings. The summed E-state index contributed by atoms with van der Waals surface area (Å²) in [6.45, 7) is 2.97. The average molecular weight is 567 g/mol. The molecule has 0 unspecified atom stereocenters. The molecule has 0 aliphatic carbocycles. The van der Waals surface area contributed by atoms with Gasteiger partial charge in [-0.15, -0.1) is 0 Å². The quantitative estimate of drug-likeness (QED) is 0.351. The summed E-state index contributed by atoms with van der Waals surface area (Å²) in [5, 5.41) is 7.49. The average Bonchev–Trinajstić information content (AvgIpc) is 3.29. The number of nitrogens with zero attached hydrogens (tertiary/aromatic N) is 3. The van der Waals surface area contributed by atoms with E-state index in [2.05, 4.69) is 115 Å². The minimum absolute atomic E-state index is 0.200. The first-order valence-electron chi connectivity index (χ1n) is 11.5. The molecule has 0 radical (unpaired) electrons. The monoisotopic (exact) mass is 565 g/mol. The van der Waals surface area contributed by atoms with Gasteiger partial charge in [0.05, 0.1) is 11.8 Å². The molecule has 3 aromatic carbocycles. The van der Waals surface area contributed by atoms with E-state index in [1.807, 2.05) is 0 Å². The van der Waals surface area contributed by atoms with Gasteiger partial charge >= 0.3 is 0 Å². The Morgan fingerprint density at radius 2 is 1.64 bits per heavy atom. The summed E-state index contributed by atoms with van der Waals surface area (Å²) in [5.41, 5.74) is 4.51. The van der Waals surface area contributed by atoms with Crippen LogP contribution in [0.3, 0.4) is 0 Å². The van der Waals surface area contributed by atoms with Crippen LogP contribution in [-0.4, -0.2) is 34.4 Å². The molecule has 6 rings (SSSR count). The van der Waals surface area contributed by atoms with Crippen LogP contribution in [0.2, 0.25) is 0 Å². The molecule has 33 heavy (non-hydrogen) atoms. The van der Waals surface area contributed by atoms with Crippen molar-refractivity contribution in [1.29, 1.82) is 0 Å². The molecular formula is C27H25Br2N3O. The number of rotatable bonds is 3. The third-order valence-corrected chi connectivity index (χ3v) is 8.04. The van der Waals surface area contributed by atoms with E-state index >= 15 is 0 Å². The highest BCUT2D eigenvalue weighted by Crippen LogP contribution is 2.50. The Kier molecular flexibility index (Phi) is 5.55. The van der Waals surface area contributed by atoms with Crippen LogP contribution in [0, 0.1) is 0 Å². The van der Waals surface area contributed by atoms with Crippen molar-refractivity contribution in [3.8, 4) is 5.75 Å². The van der Waals surface area contributed by atoms with Crippen LogP contribution in [0.25, 0.3) is 0 Å². The smallest absolute Gasteiger partial charge is 0.200 e. The Labute approximate surface area is 211 Å². The highest BCUT2D eigenvalue weighted by atomic mass is 79.9. The van der Waals surface area contributed by atoms with Crippen LogP contribution in [0.15, 0.2) is 86.8 Å². The van der Waals surface area contributed by atoms with Gasteiger partial charge in [0.2, 0.25) is 5.72 Å². The molecule has 0 amide bonds. The molecule has 3 aliphatic heterocycles. The van der Waals surface area contributed by atoms with E-state index < -0.39 is 5.72 Å². The second-order valence-electron chi connectivity index (χ2n) is 9.11. The molecule has 1 saturated heterocycles. The molecule has 168 valence electrons. The summed E-state index contributed by atoms with van der Waals surface area (Å²) in [7, 11) is 0. The van der Waals surface area contributed by atoms with Crippen molar-refractivity contribution < 1.29 is 4.74 Å². The van der Waals surface area contributed by atoms with E-state index in [1.165, 1.54) is 16.7 Å². The Bertz CT molecular complexity index is 1190. The zero-order valence-corrected chi connectivity index (χ0v) is 21.4. The summed E-state index contributed by atoms with van der Waals surface area (Å²) in [6, 6.07) is 25.8. The number of ether oxygens (including phenoxy) is 1. The molecule has 0 aromatic heterocycles. The molecule has 1 spiro atoms. The van der Waals surface area contributed by atoms with Gasteiger partial charge in [-0.2, -0.15) is 5.10 Å². The van der Waals surface area contributed by atoms with Crippen molar-refractivity contribution >= 4 is 37.6 Å². The van der Waals surface area contributed by atoms with Gasteiger partial charge < -0.3 is 4.74 Å². The molecule has 0 N–H and O–H groups in total. The van der Waals surface area contributed by atoms with E-state index in [0.717, 1.165) is 59.3 Å². The van der Waals surface area contributed by atoms with E-state index in [4.69, 9.17) is 9.84 Å². The lowest BCUT2D eigenvalue weighted by Crippen LogP contribution is -2.59. The number of hydrazone groups is 1. The van der Waals surface area contributed by atoms with Gasteiger partial charge in [-0.05, 0) is 41.5 Å². The zero-order chi connectivity index (χ0) is 22.4. The minimum atomic E-state index is -0.393. The van der Waals surface area contributed by atoms with Crippen LogP contribution in [-0.2, 0) is 6.54 Å². The van der Waals surface area contributed by atoms with Crippen molar-refractivity contribution in [3.05, 3.63) is 98.4 Å². The maximum Gasteiger partial charge on any atom is 0.200 e. The zero-order valence-electron chi connectivity index (χ0n) is 18.3. The summed E-state index contributed by atoms with van der Waals surface area (Å²) >= 11 is 7.21. The molecular weight excluding hydrogens is 542 g/mol. The largest absolute Gasteiger partial charge is 0.466 e. The molecule has 3 aliphatic rings. The molecule has 0 bridgehead atoms. The van der Waals surface area contributed by atoms with Crippen LogP contribution in [0.5, 0.6) is 5.75 Å². The number of hydrogen-bond donors (Lipinski definition) is 0. The molecule has 0 saturated carbocycles. The maximum absolute atomic E-state index is 6.80. The number of likely N-dealkylation sites (tertiary alicyclic amines) is 1. The van der Waals surface area contributed by atoms with E-state index in [-0.39, 0.29) is 6.04 Å². The normalized spacial score (nSPS) is 21.3. The fourth-order valence-electron chi connectivity index (χ4n) is 5.30. The number of halogens is 2. The molecule has 1 atom stereocenters. The number of piperidine rings is 1. The second-order valence-corrected chi connectivity index (χ2v) is 10.9. The van der Waals surface area contributed by atoms with Gasteiger partial charge in [0.1, 0.15) is 5.75 Å². The third-order valence-electron chi connectivity index (χ3n) is 7.02. The number of hydrogen-bond acceptors (Lipinski definition) is 4. The highest BCUT2D eigenvalue weighted by Gasteiger charge is 2.51. The summed E-state index contributed by atoms with van der Waals surface area (Å²) in [4.78, 5) is 2.53. The van der Waals surface area contributed by atoms with E-state index in [0.29, 0.717) is 0 Å². The first kappa shape index (κ1) is 21.4. The van der Waals surface area contributed by atoms with Crippen LogP contribution >= 0.6 is 31.9 Å². The summed E-state index contributed by atoms with van der Waals surface area (Å²) in [5.74, 6) is 1.00. The highest BCUT2D eigenvalue weighted by molar-refractivity contribution is 9.10. The predicted molar refractivity (Wildman–Crippen MR) is 138 cm³/mol. The lowest BCUT2D eigenvalue weighted by atomic mass is 9.90. The van der Waals surface area contributed by atoms with Gasteiger partial charge in [0.25, 0.3) is 0 Å². The molecule has 4 nitrogen and oxygen atoms in total.